The third-order valence-corrected chi connectivity index (χ3v) is 2.20. The van der Waals surface area contributed by atoms with Crippen molar-refractivity contribution in [3.8, 4) is 0 Å². The lowest BCUT2D eigenvalue weighted by molar-refractivity contribution is 0.00707. The van der Waals surface area contributed by atoms with Gasteiger partial charge in [-0.25, -0.2) is 9.97 Å². The average Bonchev–Trinajstić information content (AvgIpc) is 2.50. The van der Waals surface area contributed by atoms with Crippen molar-refractivity contribution in [2.45, 2.75) is 6.61 Å². The molecule has 0 aliphatic carbocycles. The topological polar surface area (TPSA) is 71.1 Å². The summed E-state index contributed by atoms with van der Waals surface area (Å²) in [5.74, 6) is 0. The van der Waals surface area contributed by atoms with E-state index in [9.17, 15) is 0 Å². The van der Waals surface area contributed by atoms with Crippen LogP contribution in [0.3, 0.4) is 0 Å². The van der Waals surface area contributed by atoms with Crippen molar-refractivity contribution in [3.63, 3.8) is 0 Å². The van der Waals surface area contributed by atoms with Gasteiger partial charge in [0.2, 0.25) is 0 Å². The van der Waals surface area contributed by atoms with Gasteiger partial charge in [0.1, 0.15) is 6.61 Å². The summed E-state index contributed by atoms with van der Waals surface area (Å²) in [5.41, 5.74) is 10.6. The van der Waals surface area contributed by atoms with Crippen LogP contribution >= 0.6 is 0 Å². The van der Waals surface area contributed by atoms with Crippen LogP contribution in [0.15, 0.2) is 24.4 Å². The Morgan fingerprint density at radius 3 is 3.40 bits per heavy atom. The number of rotatable bonds is 0. The second-order valence-electron chi connectivity index (χ2n) is 3.17. The van der Waals surface area contributed by atoms with Crippen molar-refractivity contribution in [1.82, 2.24) is 21.1 Å². The molecule has 0 aromatic carbocycles. The summed E-state index contributed by atoms with van der Waals surface area (Å²) in [7, 11) is 0. The van der Waals surface area contributed by atoms with Crippen LogP contribution in [0, 0.1) is 0 Å². The van der Waals surface area contributed by atoms with E-state index in [-0.39, 0.29) is 0 Å². The zero-order chi connectivity index (χ0) is 10.1. The van der Waals surface area contributed by atoms with Crippen molar-refractivity contribution in [3.05, 3.63) is 30.1 Å². The van der Waals surface area contributed by atoms with Crippen molar-refractivity contribution in [1.29, 1.82) is 0 Å². The molecular weight excluding hydrogens is 194 g/mol. The minimum atomic E-state index is 0.391. The molecule has 6 heteroatoms. The Morgan fingerprint density at radius 1 is 1.40 bits per heavy atom. The highest BCUT2D eigenvalue weighted by atomic mass is 16.7. The maximum Gasteiger partial charge on any atom is 0.159 e. The summed E-state index contributed by atoms with van der Waals surface area (Å²) in [6.45, 7) is 0.391. The van der Waals surface area contributed by atoms with Crippen LogP contribution in [0.4, 0.5) is 5.69 Å². The summed E-state index contributed by atoms with van der Waals surface area (Å²) >= 11 is 0. The molecule has 15 heavy (non-hydrogen) atoms. The minimum Gasteiger partial charge on any atom is -0.304 e. The summed E-state index contributed by atoms with van der Waals surface area (Å²) < 4.78 is 0. The van der Waals surface area contributed by atoms with Gasteiger partial charge in [-0.15, -0.1) is 11.1 Å². The van der Waals surface area contributed by atoms with Crippen LogP contribution in [0.5, 0.6) is 0 Å². The molecule has 6 nitrogen and oxygen atoms in total. The summed E-state index contributed by atoms with van der Waals surface area (Å²) in [6, 6.07) is 5.83. The van der Waals surface area contributed by atoms with Crippen LogP contribution in [-0.2, 0) is 11.4 Å². The first-order chi connectivity index (χ1) is 7.43. The van der Waals surface area contributed by atoms with Gasteiger partial charge < -0.3 is 5.43 Å². The highest BCUT2D eigenvalue weighted by molar-refractivity contribution is 5.79. The Bertz CT molecular complexity index is 456. The van der Waals surface area contributed by atoms with Gasteiger partial charge in [0, 0.05) is 11.6 Å². The molecule has 0 amide bonds. The average molecular weight is 203 g/mol. The molecule has 3 heterocycles. The van der Waals surface area contributed by atoms with Crippen molar-refractivity contribution >= 4 is 16.7 Å². The molecule has 0 unspecified atom stereocenters. The summed E-state index contributed by atoms with van der Waals surface area (Å²) in [5, 5.41) is 0.993. The first-order valence-electron chi connectivity index (χ1n) is 4.56. The fraction of sp³-hybridized carbons (Fsp3) is 0.111. The van der Waals surface area contributed by atoms with Crippen LogP contribution in [0.25, 0.3) is 11.0 Å². The molecule has 2 aromatic heterocycles. The summed E-state index contributed by atoms with van der Waals surface area (Å²) in [6.07, 6.45) is 1.73. The van der Waals surface area contributed by atoms with E-state index < -0.39 is 0 Å². The Kier molecular flexibility index (Phi) is 1.95. The van der Waals surface area contributed by atoms with Gasteiger partial charge >= 0.3 is 0 Å². The van der Waals surface area contributed by atoms with E-state index in [2.05, 4.69) is 26.5 Å². The van der Waals surface area contributed by atoms with E-state index in [0.29, 0.717) is 6.61 Å². The fourth-order valence-electron chi connectivity index (χ4n) is 1.49. The second-order valence-corrected chi connectivity index (χ2v) is 3.17. The largest absolute Gasteiger partial charge is 0.304 e. The highest BCUT2D eigenvalue weighted by Crippen LogP contribution is 2.20. The maximum atomic E-state index is 5.06. The first kappa shape index (κ1) is 8.54. The van der Waals surface area contributed by atoms with E-state index in [4.69, 9.17) is 4.84 Å². The lowest BCUT2D eigenvalue weighted by Crippen LogP contribution is -2.34. The van der Waals surface area contributed by atoms with E-state index in [1.807, 2.05) is 18.2 Å². The molecule has 76 valence electrons. The normalized spacial score (nSPS) is 15.5. The van der Waals surface area contributed by atoms with Gasteiger partial charge in [-0.1, -0.05) is 0 Å². The molecule has 3 rings (SSSR count). The monoisotopic (exact) mass is 203 g/mol. The Hall–Kier alpha value is -1.76. The molecule has 1 aliphatic heterocycles. The molecular formula is C9H9N5O. The molecule has 0 fully saturated rings. The third kappa shape index (κ3) is 1.50. The van der Waals surface area contributed by atoms with Crippen LogP contribution in [0.1, 0.15) is 5.69 Å². The number of nitrogens with zero attached hydrogens (tertiary/aromatic N) is 2. The molecule has 0 bridgehead atoms. The summed E-state index contributed by atoms with van der Waals surface area (Å²) in [4.78, 5) is 13.6. The molecule has 0 saturated carbocycles. The molecule has 2 aromatic rings. The van der Waals surface area contributed by atoms with Crippen molar-refractivity contribution < 1.29 is 4.84 Å². The minimum absolute atomic E-state index is 0.391. The standard InChI is InChI=1S/C9H9N5O/c1-2-6-4-7-8(5-15-14-13-12-7)11-9(6)10-3-1/h1-4,12-14H,5H2. The maximum absolute atomic E-state index is 5.06. The molecule has 0 radical (unpaired) electrons. The number of anilines is 1. The van der Waals surface area contributed by atoms with E-state index in [1.165, 1.54) is 0 Å². The van der Waals surface area contributed by atoms with E-state index >= 15 is 0 Å². The number of fused-ring (bicyclic) bond motifs is 2. The SMILES string of the molecule is c1cnc2nc3c(cc2c1)NNNOC3. The zero-order valence-corrected chi connectivity index (χ0v) is 7.82. The zero-order valence-electron chi connectivity index (χ0n) is 7.82. The molecule has 1 aliphatic rings. The number of pyridine rings is 2. The second kappa shape index (κ2) is 3.43. The smallest absolute Gasteiger partial charge is 0.159 e. The molecule has 0 spiro atoms. The van der Waals surface area contributed by atoms with E-state index in [1.54, 1.807) is 6.20 Å². The van der Waals surface area contributed by atoms with Crippen LogP contribution in [0.2, 0.25) is 0 Å². The van der Waals surface area contributed by atoms with Gasteiger partial charge in [0.05, 0.1) is 11.4 Å². The fourth-order valence-corrected chi connectivity index (χ4v) is 1.49. The number of aromatic nitrogens is 2. The number of hydrogen-bond donors (Lipinski definition) is 3. The van der Waals surface area contributed by atoms with Gasteiger partial charge in [-0.05, 0) is 18.2 Å². The van der Waals surface area contributed by atoms with E-state index in [0.717, 1.165) is 22.4 Å². The first-order valence-corrected chi connectivity index (χ1v) is 4.56. The van der Waals surface area contributed by atoms with Gasteiger partial charge in [-0.3, -0.25) is 4.84 Å². The van der Waals surface area contributed by atoms with Crippen LogP contribution < -0.4 is 16.5 Å². The number of hydrazine groups is 2. The van der Waals surface area contributed by atoms with Crippen LogP contribution in [-0.4, -0.2) is 9.97 Å². The third-order valence-electron chi connectivity index (χ3n) is 2.20. The molecule has 0 atom stereocenters. The van der Waals surface area contributed by atoms with Gasteiger partial charge in [-0.2, -0.15) is 0 Å². The lowest BCUT2D eigenvalue weighted by Gasteiger charge is -2.06. The molecule has 0 saturated heterocycles. The Morgan fingerprint density at radius 2 is 2.40 bits per heavy atom. The Balaban J connectivity index is 2.20. The van der Waals surface area contributed by atoms with Gasteiger partial charge in [0.15, 0.2) is 5.65 Å². The van der Waals surface area contributed by atoms with Crippen molar-refractivity contribution in [2.24, 2.45) is 0 Å². The number of nitrogens with one attached hydrogen (secondary N) is 3. The predicted molar refractivity (Wildman–Crippen MR) is 54.2 cm³/mol. The number of hydrogen-bond acceptors (Lipinski definition) is 6. The quantitative estimate of drug-likeness (QED) is 0.579. The van der Waals surface area contributed by atoms with Crippen molar-refractivity contribution in [2.75, 3.05) is 5.43 Å². The molecule has 3 N–H and O–H groups in total. The lowest BCUT2D eigenvalue weighted by atomic mass is 10.2. The predicted octanol–water partition coefficient (Wildman–Crippen LogP) is 0.496. The highest BCUT2D eigenvalue weighted by Gasteiger charge is 2.10. The van der Waals surface area contributed by atoms with Gasteiger partial charge in [0.25, 0.3) is 0 Å². The Labute approximate surface area is 85.6 Å².